The van der Waals surface area contributed by atoms with Crippen LogP contribution in [-0.4, -0.2) is 42.1 Å². The first kappa shape index (κ1) is 24.5. The molecule has 1 aliphatic heterocycles. The number of carbonyl (C=O) groups excluding carboxylic acids is 3. The number of barbiturate groups is 1. The zero-order valence-corrected chi connectivity index (χ0v) is 20.4. The lowest BCUT2D eigenvalue weighted by Crippen LogP contribution is -2.54. The van der Waals surface area contributed by atoms with Crippen LogP contribution in [0.5, 0.6) is 11.5 Å². The Hall–Kier alpha value is -3.12. The summed E-state index contributed by atoms with van der Waals surface area (Å²) in [5.74, 6) is -2.33. The molecule has 33 heavy (non-hydrogen) atoms. The Morgan fingerprint density at radius 3 is 2.58 bits per heavy atom. The number of carboxylic acid groups (broad SMARTS) is 1. The molecule has 0 atom stereocenters. The van der Waals surface area contributed by atoms with Crippen LogP contribution in [0.15, 0.2) is 35.9 Å². The highest BCUT2D eigenvalue weighted by Crippen LogP contribution is 2.35. The number of hydrogen-bond acceptors (Lipinski definition) is 6. The van der Waals surface area contributed by atoms with E-state index in [0.717, 1.165) is 10.5 Å². The highest BCUT2D eigenvalue weighted by atomic mass is 127. The van der Waals surface area contributed by atoms with Gasteiger partial charge in [-0.15, -0.1) is 0 Å². The van der Waals surface area contributed by atoms with E-state index in [4.69, 9.17) is 26.2 Å². The number of rotatable bonds is 7. The van der Waals surface area contributed by atoms with E-state index < -0.39 is 30.4 Å². The second-order valence-corrected chi connectivity index (χ2v) is 8.41. The van der Waals surface area contributed by atoms with Gasteiger partial charge in [-0.05, 0) is 77.9 Å². The van der Waals surface area contributed by atoms with Gasteiger partial charge in [-0.1, -0.05) is 17.7 Å². The standard InChI is InChI=1S/C22H18ClIN2O7/c1-3-32-17-8-12(7-16(24)19(17)33-10-18(27)28)6-14-20(29)25-22(31)26(21(14)30)13-5-4-11(2)15(23)9-13/h4-9H,3,10H2,1-2H3,(H,27,28)(H,25,29,31). The molecule has 0 radical (unpaired) electrons. The van der Waals surface area contributed by atoms with E-state index in [0.29, 0.717) is 14.2 Å². The molecule has 0 saturated carbocycles. The van der Waals surface area contributed by atoms with Gasteiger partial charge in [-0.2, -0.15) is 0 Å². The highest BCUT2D eigenvalue weighted by Gasteiger charge is 2.37. The zero-order valence-electron chi connectivity index (χ0n) is 17.5. The number of ether oxygens (including phenoxy) is 2. The van der Waals surface area contributed by atoms with E-state index in [-0.39, 0.29) is 29.4 Å². The fourth-order valence-electron chi connectivity index (χ4n) is 2.99. The Morgan fingerprint density at radius 1 is 1.21 bits per heavy atom. The van der Waals surface area contributed by atoms with Crippen molar-refractivity contribution in [1.82, 2.24) is 5.32 Å². The summed E-state index contributed by atoms with van der Waals surface area (Å²) in [6.45, 7) is 3.23. The molecule has 0 unspecified atom stereocenters. The summed E-state index contributed by atoms with van der Waals surface area (Å²) in [6.07, 6.45) is 1.32. The van der Waals surface area contributed by atoms with Gasteiger partial charge in [0.2, 0.25) is 0 Å². The number of benzene rings is 2. The first-order valence-electron chi connectivity index (χ1n) is 9.61. The number of carboxylic acids is 1. The first-order valence-corrected chi connectivity index (χ1v) is 11.1. The fourth-order valence-corrected chi connectivity index (χ4v) is 3.94. The van der Waals surface area contributed by atoms with Gasteiger partial charge < -0.3 is 14.6 Å². The minimum atomic E-state index is -1.15. The van der Waals surface area contributed by atoms with Crippen molar-refractivity contribution in [2.24, 2.45) is 0 Å². The largest absolute Gasteiger partial charge is 0.490 e. The second kappa shape index (κ2) is 10.2. The SMILES string of the molecule is CCOc1cc(C=C2C(=O)NC(=O)N(c3ccc(C)c(Cl)c3)C2=O)cc(I)c1OCC(=O)O. The number of halogens is 2. The summed E-state index contributed by atoms with van der Waals surface area (Å²) in [5.41, 5.74) is 1.12. The Labute approximate surface area is 207 Å². The van der Waals surface area contributed by atoms with Crippen LogP contribution in [-0.2, 0) is 14.4 Å². The van der Waals surface area contributed by atoms with Crippen LogP contribution in [0.1, 0.15) is 18.1 Å². The minimum absolute atomic E-state index is 0.216. The maximum Gasteiger partial charge on any atom is 0.341 e. The number of aliphatic carboxylic acids is 1. The van der Waals surface area contributed by atoms with Crippen molar-refractivity contribution in [3.63, 3.8) is 0 Å². The quantitative estimate of drug-likeness (QED) is 0.289. The van der Waals surface area contributed by atoms with Gasteiger partial charge in [0.15, 0.2) is 18.1 Å². The van der Waals surface area contributed by atoms with Crippen molar-refractivity contribution in [3.05, 3.63) is 55.6 Å². The number of imide groups is 2. The summed E-state index contributed by atoms with van der Waals surface area (Å²) in [7, 11) is 0. The molecular formula is C22H18ClIN2O7. The van der Waals surface area contributed by atoms with Crippen LogP contribution >= 0.6 is 34.2 Å². The number of amides is 4. The maximum absolute atomic E-state index is 13.1. The molecule has 3 rings (SSSR count). The fraction of sp³-hybridized carbons (Fsp3) is 0.182. The van der Waals surface area contributed by atoms with Crippen molar-refractivity contribution in [2.75, 3.05) is 18.1 Å². The number of nitrogens with one attached hydrogen (secondary N) is 1. The van der Waals surface area contributed by atoms with Gasteiger partial charge in [-0.3, -0.25) is 14.9 Å². The van der Waals surface area contributed by atoms with E-state index in [2.05, 4.69) is 5.32 Å². The topological polar surface area (TPSA) is 122 Å². The summed E-state index contributed by atoms with van der Waals surface area (Å²) < 4.78 is 11.4. The normalized spacial score (nSPS) is 15.0. The number of anilines is 1. The van der Waals surface area contributed by atoms with Gasteiger partial charge >= 0.3 is 12.0 Å². The van der Waals surface area contributed by atoms with E-state index in [1.807, 2.05) is 22.6 Å². The molecule has 1 fully saturated rings. The zero-order chi connectivity index (χ0) is 24.3. The number of aryl methyl sites for hydroxylation is 1. The van der Waals surface area contributed by atoms with Crippen molar-refractivity contribution < 1.29 is 33.8 Å². The van der Waals surface area contributed by atoms with E-state index in [9.17, 15) is 19.2 Å². The molecular weight excluding hydrogens is 567 g/mol. The molecule has 1 saturated heterocycles. The predicted molar refractivity (Wildman–Crippen MR) is 129 cm³/mol. The van der Waals surface area contributed by atoms with Crippen molar-refractivity contribution >= 4 is 69.8 Å². The third kappa shape index (κ3) is 5.45. The van der Waals surface area contributed by atoms with Gasteiger partial charge in [-0.25, -0.2) is 14.5 Å². The molecule has 172 valence electrons. The summed E-state index contributed by atoms with van der Waals surface area (Å²) in [5, 5.41) is 11.4. The summed E-state index contributed by atoms with van der Waals surface area (Å²) in [6, 6.07) is 6.90. The van der Waals surface area contributed by atoms with Crippen molar-refractivity contribution in [1.29, 1.82) is 0 Å². The number of carbonyl (C=O) groups is 4. The molecule has 1 aliphatic rings. The van der Waals surface area contributed by atoms with Crippen molar-refractivity contribution in [3.8, 4) is 11.5 Å². The average Bonchev–Trinajstić information content (AvgIpc) is 2.73. The number of hydrogen-bond donors (Lipinski definition) is 2. The predicted octanol–water partition coefficient (Wildman–Crippen LogP) is 3.78. The van der Waals surface area contributed by atoms with Gasteiger partial charge in [0.1, 0.15) is 5.57 Å². The van der Waals surface area contributed by atoms with Crippen LogP contribution in [0.3, 0.4) is 0 Å². The number of nitrogens with zero attached hydrogens (tertiary/aromatic N) is 1. The Morgan fingerprint density at radius 2 is 1.94 bits per heavy atom. The minimum Gasteiger partial charge on any atom is -0.490 e. The third-order valence-electron chi connectivity index (χ3n) is 4.50. The first-order chi connectivity index (χ1) is 15.6. The van der Waals surface area contributed by atoms with Gasteiger partial charge in [0, 0.05) is 5.02 Å². The summed E-state index contributed by atoms with van der Waals surface area (Å²) in [4.78, 5) is 49.6. The maximum atomic E-state index is 13.1. The molecule has 4 amide bonds. The molecule has 1 heterocycles. The lowest BCUT2D eigenvalue weighted by atomic mass is 10.1. The van der Waals surface area contributed by atoms with E-state index >= 15 is 0 Å². The Kier molecular flexibility index (Phi) is 7.59. The molecule has 0 spiro atoms. The molecule has 11 heteroatoms. The monoisotopic (exact) mass is 584 g/mol. The third-order valence-corrected chi connectivity index (χ3v) is 5.71. The van der Waals surface area contributed by atoms with E-state index in [1.54, 1.807) is 32.0 Å². The lowest BCUT2D eigenvalue weighted by Gasteiger charge is -2.26. The highest BCUT2D eigenvalue weighted by molar-refractivity contribution is 14.1. The Bertz CT molecular complexity index is 1200. The average molecular weight is 585 g/mol. The van der Waals surface area contributed by atoms with Crippen LogP contribution in [0.2, 0.25) is 5.02 Å². The van der Waals surface area contributed by atoms with Crippen LogP contribution < -0.4 is 19.7 Å². The van der Waals surface area contributed by atoms with Gasteiger partial charge in [0.05, 0.1) is 15.9 Å². The molecule has 0 bridgehead atoms. The van der Waals surface area contributed by atoms with Crippen molar-refractivity contribution in [2.45, 2.75) is 13.8 Å². The van der Waals surface area contributed by atoms with Crippen LogP contribution in [0.4, 0.5) is 10.5 Å². The second-order valence-electron chi connectivity index (χ2n) is 6.84. The molecule has 0 aromatic heterocycles. The molecule has 2 aromatic carbocycles. The number of urea groups is 1. The summed E-state index contributed by atoms with van der Waals surface area (Å²) >= 11 is 8.07. The molecule has 9 nitrogen and oxygen atoms in total. The molecule has 2 aromatic rings. The van der Waals surface area contributed by atoms with E-state index in [1.165, 1.54) is 18.2 Å². The molecule has 0 aliphatic carbocycles. The van der Waals surface area contributed by atoms with Crippen LogP contribution in [0.25, 0.3) is 6.08 Å². The smallest absolute Gasteiger partial charge is 0.341 e. The lowest BCUT2D eigenvalue weighted by molar-refractivity contribution is -0.139. The van der Waals surface area contributed by atoms with Gasteiger partial charge in [0.25, 0.3) is 11.8 Å². The molecule has 2 N–H and O–H groups in total. The Balaban J connectivity index is 2.02. The van der Waals surface area contributed by atoms with Crippen LogP contribution in [0, 0.1) is 10.5 Å².